The van der Waals surface area contributed by atoms with Crippen LogP contribution in [0.15, 0.2) is 6.33 Å². The molecule has 3 aromatic heterocycles. The fraction of sp³-hybridized carbons (Fsp3) is 0.571. The number of carbonyl (C=O) groups excluding carboxylic acids is 1. The summed E-state index contributed by atoms with van der Waals surface area (Å²) in [5, 5.41) is 13.3. The van der Waals surface area contributed by atoms with E-state index in [1.54, 1.807) is 17.7 Å². The average Bonchev–Trinajstić information content (AvgIpc) is 3.12. The molecule has 1 N–H and O–H groups in total. The minimum atomic E-state index is 0.301. The van der Waals surface area contributed by atoms with Crippen LogP contribution in [0.1, 0.15) is 56.7 Å². The van der Waals surface area contributed by atoms with Crippen molar-refractivity contribution in [3.63, 3.8) is 0 Å². The highest BCUT2D eigenvalue weighted by atomic mass is 32.1. The number of carbonyl (C=O) groups is 1. The van der Waals surface area contributed by atoms with Crippen molar-refractivity contribution in [1.29, 1.82) is 0 Å². The third kappa shape index (κ3) is 4.03. The second kappa shape index (κ2) is 8.57. The molecule has 3 aromatic rings. The van der Waals surface area contributed by atoms with Crippen molar-refractivity contribution < 1.29 is 4.79 Å². The van der Waals surface area contributed by atoms with Gasteiger partial charge in [0.1, 0.15) is 17.0 Å². The van der Waals surface area contributed by atoms with E-state index in [0.29, 0.717) is 18.4 Å². The summed E-state index contributed by atoms with van der Waals surface area (Å²) in [6.45, 7) is 7.83. The Morgan fingerprint density at radius 2 is 2.00 bits per heavy atom. The Morgan fingerprint density at radius 3 is 2.76 bits per heavy atom. The molecule has 0 unspecified atom stereocenters. The Balaban J connectivity index is 1.47. The van der Waals surface area contributed by atoms with Gasteiger partial charge in [-0.2, -0.15) is 5.10 Å². The lowest BCUT2D eigenvalue weighted by Crippen LogP contribution is -2.42. The minimum absolute atomic E-state index is 0.301. The molecule has 154 valence electrons. The van der Waals surface area contributed by atoms with E-state index in [9.17, 15) is 4.79 Å². The van der Waals surface area contributed by atoms with Crippen LogP contribution < -0.4 is 5.32 Å². The van der Waals surface area contributed by atoms with Crippen molar-refractivity contribution in [3.8, 4) is 0 Å². The Labute approximate surface area is 174 Å². The molecule has 0 radical (unpaired) electrons. The van der Waals surface area contributed by atoms with Crippen molar-refractivity contribution >= 4 is 43.5 Å². The number of hydrogen-bond acceptors (Lipinski definition) is 7. The zero-order chi connectivity index (χ0) is 20.4. The maximum absolute atomic E-state index is 12.3. The molecular formula is C21H28N6OS. The second-order valence-corrected chi connectivity index (χ2v) is 8.85. The van der Waals surface area contributed by atoms with Crippen LogP contribution in [0, 0.1) is 13.8 Å². The fourth-order valence-electron chi connectivity index (χ4n) is 3.94. The standard InChI is InChI=1S/C21H28N6OS/c1-4-5-6-7-16(28)27-10-8-15(9-11-27)24-20-19-18(22-12-23-20)17-13(2)14(3)25-26-21(17)29-19/h12,15H,4-11H2,1-3H3,(H,22,23,24). The first-order valence-electron chi connectivity index (χ1n) is 10.5. The van der Waals surface area contributed by atoms with Gasteiger partial charge in [0, 0.05) is 30.9 Å². The van der Waals surface area contributed by atoms with Crippen LogP contribution in [0.5, 0.6) is 0 Å². The van der Waals surface area contributed by atoms with Crippen LogP contribution in [0.4, 0.5) is 5.82 Å². The summed E-state index contributed by atoms with van der Waals surface area (Å²) in [6.07, 6.45) is 7.46. The van der Waals surface area contributed by atoms with E-state index in [0.717, 1.165) is 82.7 Å². The summed E-state index contributed by atoms with van der Waals surface area (Å²) in [5.41, 5.74) is 3.00. The summed E-state index contributed by atoms with van der Waals surface area (Å²) < 4.78 is 1.03. The maximum Gasteiger partial charge on any atom is 0.222 e. The Morgan fingerprint density at radius 1 is 1.21 bits per heavy atom. The van der Waals surface area contributed by atoms with Gasteiger partial charge >= 0.3 is 0 Å². The lowest BCUT2D eigenvalue weighted by Gasteiger charge is -2.32. The molecule has 1 aliphatic rings. The number of hydrogen-bond donors (Lipinski definition) is 1. The SMILES string of the molecule is CCCCCC(=O)N1CCC(Nc2ncnc3c2sc2nnc(C)c(C)c23)CC1. The number of aryl methyl sites for hydroxylation is 2. The molecule has 0 bridgehead atoms. The van der Waals surface area contributed by atoms with Crippen LogP contribution in [0.3, 0.4) is 0 Å². The van der Waals surface area contributed by atoms with E-state index in [1.165, 1.54) is 0 Å². The van der Waals surface area contributed by atoms with Gasteiger partial charge in [-0.3, -0.25) is 4.79 Å². The molecule has 0 saturated carbocycles. The lowest BCUT2D eigenvalue weighted by atomic mass is 10.0. The summed E-state index contributed by atoms with van der Waals surface area (Å²) >= 11 is 1.59. The van der Waals surface area contributed by atoms with E-state index in [1.807, 2.05) is 11.8 Å². The zero-order valence-electron chi connectivity index (χ0n) is 17.4. The molecule has 4 rings (SSSR count). The number of aromatic nitrogens is 4. The molecule has 1 fully saturated rings. The van der Waals surface area contributed by atoms with Crippen LogP contribution >= 0.6 is 11.3 Å². The molecule has 7 nitrogen and oxygen atoms in total. The monoisotopic (exact) mass is 412 g/mol. The zero-order valence-corrected chi connectivity index (χ0v) is 18.2. The van der Waals surface area contributed by atoms with E-state index in [2.05, 4.69) is 39.3 Å². The van der Waals surface area contributed by atoms with Gasteiger partial charge in [0.15, 0.2) is 0 Å². The molecule has 0 aromatic carbocycles. The maximum atomic E-state index is 12.3. The van der Waals surface area contributed by atoms with Crippen LogP contribution in [0.2, 0.25) is 0 Å². The third-order valence-corrected chi connectivity index (χ3v) is 6.91. The van der Waals surface area contributed by atoms with E-state index < -0.39 is 0 Å². The van der Waals surface area contributed by atoms with Gasteiger partial charge in [0.2, 0.25) is 5.91 Å². The predicted molar refractivity (Wildman–Crippen MR) is 117 cm³/mol. The normalized spacial score (nSPS) is 15.3. The topological polar surface area (TPSA) is 83.9 Å². The highest BCUT2D eigenvalue weighted by Crippen LogP contribution is 2.37. The molecule has 8 heteroatoms. The highest BCUT2D eigenvalue weighted by Gasteiger charge is 2.24. The fourth-order valence-corrected chi connectivity index (χ4v) is 5.02. The van der Waals surface area contributed by atoms with E-state index in [4.69, 9.17) is 0 Å². The van der Waals surface area contributed by atoms with Crippen molar-refractivity contribution in [1.82, 2.24) is 25.1 Å². The third-order valence-electron chi connectivity index (χ3n) is 5.84. The van der Waals surface area contributed by atoms with Crippen LogP contribution in [-0.4, -0.2) is 50.1 Å². The number of nitrogens with one attached hydrogen (secondary N) is 1. The molecule has 4 heterocycles. The Hall–Kier alpha value is -2.35. The van der Waals surface area contributed by atoms with Gasteiger partial charge in [-0.25, -0.2) is 9.97 Å². The Bertz CT molecular complexity index is 1020. The summed E-state index contributed by atoms with van der Waals surface area (Å²) in [5.74, 6) is 1.16. The Kier molecular flexibility index (Phi) is 5.89. The van der Waals surface area contributed by atoms with Crippen molar-refractivity contribution in [2.24, 2.45) is 0 Å². The quantitative estimate of drug-likeness (QED) is 0.610. The number of unbranched alkanes of at least 4 members (excludes halogenated alkanes) is 2. The van der Waals surface area contributed by atoms with Gasteiger partial charge in [-0.05, 0) is 38.7 Å². The number of amides is 1. The van der Waals surface area contributed by atoms with Crippen molar-refractivity contribution in [3.05, 3.63) is 17.6 Å². The van der Waals surface area contributed by atoms with Gasteiger partial charge in [0.05, 0.1) is 15.9 Å². The number of likely N-dealkylation sites (tertiary alicyclic amines) is 1. The van der Waals surface area contributed by atoms with Gasteiger partial charge in [-0.1, -0.05) is 19.8 Å². The molecule has 1 amide bonds. The van der Waals surface area contributed by atoms with Gasteiger partial charge < -0.3 is 10.2 Å². The van der Waals surface area contributed by atoms with Gasteiger partial charge in [-0.15, -0.1) is 16.4 Å². The first-order valence-corrected chi connectivity index (χ1v) is 11.3. The molecule has 29 heavy (non-hydrogen) atoms. The second-order valence-electron chi connectivity index (χ2n) is 7.85. The number of rotatable bonds is 6. The minimum Gasteiger partial charge on any atom is -0.366 e. The molecule has 0 atom stereocenters. The van der Waals surface area contributed by atoms with Crippen LogP contribution in [0.25, 0.3) is 20.4 Å². The van der Waals surface area contributed by atoms with Crippen molar-refractivity contribution in [2.45, 2.75) is 65.3 Å². The molecule has 0 spiro atoms. The smallest absolute Gasteiger partial charge is 0.222 e. The number of nitrogens with zero attached hydrogens (tertiary/aromatic N) is 5. The lowest BCUT2D eigenvalue weighted by molar-refractivity contribution is -0.132. The molecule has 0 aliphatic carbocycles. The first-order chi connectivity index (χ1) is 14.1. The number of thiophene rings is 1. The average molecular weight is 413 g/mol. The van der Waals surface area contributed by atoms with Gasteiger partial charge in [0.25, 0.3) is 0 Å². The summed E-state index contributed by atoms with van der Waals surface area (Å²) in [7, 11) is 0. The number of piperidine rings is 1. The number of anilines is 1. The van der Waals surface area contributed by atoms with Crippen LogP contribution in [-0.2, 0) is 4.79 Å². The number of fused-ring (bicyclic) bond motifs is 3. The van der Waals surface area contributed by atoms with E-state index in [-0.39, 0.29) is 0 Å². The first kappa shape index (κ1) is 19.9. The molecule has 1 aliphatic heterocycles. The molecule has 1 saturated heterocycles. The van der Waals surface area contributed by atoms with E-state index >= 15 is 0 Å². The van der Waals surface area contributed by atoms with Crippen molar-refractivity contribution in [2.75, 3.05) is 18.4 Å². The largest absolute Gasteiger partial charge is 0.366 e. The highest BCUT2D eigenvalue weighted by molar-refractivity contribution is 7.25. The summed E-state index contributed by atoms with van der Waals surface area (Å²) in [6, 6.07) is 0.312. The summed E-state index contributed by atoms with van der Waals surface area (Å²) in [4.78, 5) is 24.3. The predicted octanol–water partition coefficient (Wildman–Crippen LogP) is 4.23. The molecular weight excluding hydrogens is 384 g/mol.